The minimum atomic E-state index is 0.153. The molecule has 1 unspecified atom stereocenters. The highest BCUT2D eigenvalue weighted by Crippen LogP contribution is 2.29. The normalized spacial score (nSPS) is 18.7. The van der Waals surface area contributed by atoms with Crippen molar-refractivity contribution in [1.82, 2.24) is 20.4 Å². The van der Waals surface area contributed by atoms with Gasteiger partial charge in [0, 0.05) is 31.5 Å². The predicted molar refractivity (Wildman–Crippen MR) is 70.7 cm³/mol. The van der Waals surface area contributed by atoms with Gasteiger partial charge in [-0.25, -0.2) is 15.3 Å². The second-order valence-corrected chi connectivity index (χ2v) is 4.46. The topological polar surface area (TPSA) is 77.9 Å². The Kier molecular flexibility index (Phi) is 3.41. The maximum absolute atomic E-state index is 5.40. The van der Waals surface area contributed by atoms with Gasteiger partial charge in [0.05, 0.1) is 6.04 Å². The second-order valence-electron chi connectivity index (χ2n) is 4.46. The summed E-state index contributed by atoms with van der Waals surface area (Å²) in [7, 11) is 0. The predicted octanol–water partition coefficient (Wildman–Crippen LogP) is 2.00. The summed E-state index contributed by atoms with van der Waals surface area (Å²) >= 11 is 0. The van der Waals surface area contributed by atoms with Crippen LogP contribution < -0.4 is 10.6 Å². The number of hydrogen-bond acceptors (Lipinski definition) is 5. The van der Waals surface area contributed by atoms with Crippen LogP contribution in [0, 0.1) is 0 Å². The van der Waals surface area contributed by atoms with Gasteiger partial charge in [0.15, 0.2) is 11.6 Å². The lowest BCUT2D eigenvalue weighted by Crippen LogP contribution is -2.03. The fourth-order valence-corrected chi connectivity index (χ4v) is 2.24. The van der Waals surface area contributed by atoms with Crippen molar-refractivity contribution in [2.45, 2.75) is 25.8 Å². The van der Waals surface area contributed by atoms with E-state index in [2.05, 4.69) is 25.8 Å². The summed E-state index contributed by atoms with van der Waals surface area (Å²) < 4.78 is 5.40. The zero-order chi connectivity index (χ0) is 13.1. The van der Waals surface area contributed by atoms with Crippen molar-refractivity contribution in [2.75, 3.05) is 18.4 Å². The van der Waals surface area contributed by atoms with Crippen molar-refractivity contribution in [3.05, 3.63) is 24.2 Å². The third-order valence-corrected chi connectivity index (χ3v) is 3.13. The molecule has 0 aliphatic carbocycles. The van der Waals surface area contributed by atoms with Crippen molar-refractivity contribution < 1.29 is 4.52 Å². The third kappa shape index (κ3) is 2.44. The van der Waals surface area contributed by atoms with Crippen LogP contribution in [0.4, 0.5) is 5.82 Å². The molecule has 1 fully saturated rings. The summed E-state index contributed by atoms with van der Waals surface area (Å²) in [4.78, 5) is 8.60. The molecule has 1 atom stereocenters. The van der Waals surface area contributed by atoms with Gasteiger partial charge >= 0.3 is 0 Å². The molecule has 2 aromatic heterocycles. The van der Waals surface area contributed by atoms with Crippen molar-refractivity contribution in [2.24, 2.45) is 0 Å². The van der Waals surface area contributed by atoms with Gasteiger partial charge in [-0.15, -0.1) is 0 Å². The van der Waals surface area contributed by atoms with E-state index in [4.69, 9.17) is 4.52 Å². The first-order chi connectivity index (χ1) is 9.38. The molecular weight excluding hydrogens is 242 g/mol. The van der Waals surface area contributed by atoms with E-state index in [0.29, 0.717) is 5.69 Å². The van der Waals surface area contributed by atoms with Crippen LogP contribution in [0.1, 0.15) is 31.6 Å². The number of nitrogens with one attached hydrogen (secondary N) is 1. The average molecular weight is 258 g/mol. The number of rotatable bonds is 4. The Labute approximate surface area is 111 Å². The lowest BCUT2D eigenvalue weighted by Gasteiger charge is -2.04. The Morgan fingerprint density at radius 2 is 2.26 bits per heavy atom. The molecule has 0 aromatic carbocycles. The largest absolute Gasteiger partial charge is 0.368 e. The first-order valence-electron chi connectivity index (χ1n) is 6.57. The highest BCUT2D eigenvalue weighted by molar-refractivity contribution is 5.67. The summed E-state index contributed by atoms with van der Waals surface area (Å²) in [6.45, 7) is 3.72. The van der Waals surface area contributed by atoms with Gasteiger partial charge in [0.25, 0.3) is 0 Å². The van der Waals surface area contributed by atoms with Gasteiger partial charge in [-0.3, -0.25) is 0 Å². The molecule has 2 aromatic rings. The van der Waals surface area contributed by atoms with E-state index in [-0.39, 0.29) is 6.04 Å². The van der Waals surface area contributed by atoms with Gasteiger partial charge < -0.3 is 9.84 Å². The van der Waals surface area contributed by atoms with E-state index in [0.717, 1.165) is 43.2 Å². The molecule has 19 heavy (non-hydrogen) atoms. The highest BCUT2D eigenvalue weighted by Gasteiger charge is 2.23. The molecule has 0 amide bonds. The summed E-state index contributed by atoms with van der Waals surface area (Å²) in [6, 6.07) is 2.07. The van der Waals surface area contributed by atoms with Crippen LogP contribution in [0.2, 0.25) is 0 Å². The average Bonchev–Trinajstić information content (AvgIpc) is 3.11. The maximum Gasteiger partial charge on any atom is 0.155 e. The zero-order valence-electron chi connectivity index (χ0n) is 10.8. The minimum Gasteiger partial charge on any atom is -0.368 e. The lowest BCUT2D eigenvalue weighted by atomic mass is 10.1. The Morgan fingerprint density at radius 1 is 1.37 bits per heavy atom. The number of hydrogen-bond donors (Lipinski definition) is 1. The Balaban J connectivity index is 1.89. The van der Waals surface area contributed by atoms with Crippen LogP contribution in [0.3, 0.4) is 0 Å². The third-order valence-electron chi connectivity index (χ3n) is 3.13. The van der Waals surface area contributed by atoms with Gasteiger partial charge in [-0.05, 0) is 19.8 Å². The van der Waals surface area contributed by atoms with E-state index < -0.39 is 0 Å². The molecule has 1 aliphatic heterocycles. The first-order valence-corrected chi connectivity index (χ1v) is 6.57. The van der Waals surface area contributed by atoms with Gasteiger partial charge in [0.1, 0.15) is 11.4 Å². The van der Waals surface area contributed by atoms with Crippen LogP contribution in [-0.4, -0.2) is 28.2 Å². The zero-order valence-corrected chi connectivity index (χ0v) is 10.8. The highest BCUT2D eigenvalue weighted by atomic mass is 16.5. The van der Waals surface area contributed by atoms with Gasteiger partial charge in [0.2, 0.25) is 0 Å². The van der Waals surface area contributed by atoms with E-state index in [9.17, 15) is 0 Å². The standard InChI is InChI=1S/C13H16N5O/c1-2-14-13-12(16-6-7-17-13)10-8-11(19-18-10)9-4-3-5-15-9/h6-9H,2-5H2,1H3,(H,14,17). The van der Waals surface area contributed by atoms with E-state index in [1.807, 2.05) is 13.0 Å². The quantitative estimate of drug-likeness (QED) is 0.907. The molecule has 0 saturated carbocycles. The van der Waals surface area contributed by atoms with Gasteiger partial charge in [-0.1, -0.05) is 5.16 Å². The molecule has 6 nitrogen and oxygen atoms in total. The van der Waals surface area contributed by atoms with Crippen LogP contribution in [0.25, 0.3) is 11.4 Å². The molecule has 1 aliphatic rings. The monoisotopic (exact) mass is 258 g/mol. The minimum absolute atomic E-state index is 0.153. The summed E-state index contributed by atoms with van der Waals surface area (Å²) in [5, 5.41) is 11.8. The van der Waals surface area contributed by atoms with Crippen molar-refractivity contribution in [3.63, 3.8) is 0 Å². The van der Waals surface area contributed by atoms with Crippen LogP contribution >= 0.6 is 0 Å². The Hall–Kier alpha value is -1.95. The van der Waals surface area contributed by atoms with Gasteiger partial charge in [-0.2, -0.15) is 0 Å². The first kappa shape index (κ1) is 12.1. The fraction of sp³-hybridized carbons (Fsp3) is 0.462. The van der Waals surface area contributed by atoms with Crippen molar-refractivity contribution in [1.29, 1.82) is 0 Å². The summed E-state index contributed by atoms with van der Waals surface area (Å²) in [6.07, 6.45) is 5.48. The fourth-order valence-electron chi connectivity index (χ4n) is 2.24. The second kappa shape index (κ2) is 5.36. The molecule has 1 N–H and O–H groups in total. The number of nitrogens with zero attached hydrogens (tertiary/aromatic N) is 4. The molecule has 3 heterocycles. The van der Waals surface area contributed by atoms with Crippen LogP contribution in [0.5, 0.6) is 0 Å². The summed E-state index contributed by atoms with van der Waals surface area (Å²) in [5.74, 6) is 1.55. The molecule has 3 rings (SSSR count). The Bertz CT molecular complexity index is 547. The maximum atomic E-state index is 5.40. The van der Waals surface area contributed by atoms with Crippen molar-refractivity contribution >= 4 is 5.82 Å². The lowest BCUT2D eigenvalue weighted by molar-refractivity contribution is 0.351. The molecule has 0 spiro atoms. The van der Waals surface area contributed by atoms with E-state index >= 15 is 0 Å². The van der Waals surface area contributed by atoms with E-state index in [1.54, 1.807) is 12.4 Å². The van der Waals surface area contributed by atoms with Crippen LogP contribution in [-0.2, 0) is 0 Å². The van der Waals surface area contributed by atoms with Crippen molar-refractivity contribution in [3.8, 4) is 11.4 Å². The molecule has 6 heteroatoms. The molecule has 1 radical (unpaired) electrons. The number of aromatic nitrogens is 3. The SMILES string of the molecule is CCNc1nccnc1-c1cc(C2CCC[N]2)on1. The molecule has 99 valence electrons. The Morgan fingerprint density at radius 3 is 3.05 bits per heavy atom. The molecule has 1 saturated heterocycles. The van der Waals surface area contributed by atoms with E-state index in [1.165, 1.54) is 0 Å². The molecular formula is C13H16N5O. The summed E-state index contributed by atoms with van der Waals surface area (Å²) in [5.41, 5.74) is 1.43. The smallest absolute Gasteiger partial charge is 0.155 e. The van der Waals surface area contributed by atoms with Crippen LogP contribution in [0.15, 0.2) is 23.0 Å². The number of anilines is 1. The molecule has 0 bridgehead atoms.